The Morgan fingerprint density at radius 3 is 2.28 bits per heavy atom. The maximum absolute atomic E-state index is 12.7. The van der Waals surface area contributed by atoms with Gasteiger partial charge in [0.15, 0.2) is 11.8 Å². The molecule has 0 heterocycles. The molecule has 0 radical (unpaired) electrons. The number of anilines is 1. The highest BCUT2D eigenvalue weighted by atomic mass is 35.6. The molecule has 0 aliphatic rings. The van der Waals surface area contributed by atoms with Gasteiger partial charge in [-0.25, -0.2) is 4.39 Å². The minimum Gasteiger partial charge on any atom is -0.339 e. The van der Waals surface area contributed by atoms with Gasteiger partial charge >= 0.3 is 6.18 Å². The Kier molecular flexibility index (Phi) is 7.82. The number of thiocarbonyl (C=S) groups is 1. The Labute approximate surface area is 165 Å². The Balaban J connectivity index is 2.92. The quantitative estimate of drug-likeness (QED) is 0.269. The predicted molar refractivity (Wildman–Crippen MR) is 94.0 cm³/mol. The summed E-state index contributed by atoms with van der Waals surface area (Å²) in [5.74, 6) is -1.09. The van der Waals surface area contributed by atoms with Crippen LogP contribution in [0.5, 0.6) is 0 Å². The van der Waals surface area contributed by atoms with Crippen molar-refractivity contribution >= 4 is 75.3 Å². The molecule has 0 fully saturated rings. The first-order valence-corrected chi connectivity index (χ1v) is 8.13. The lowest BCUT2D eigenvalue weighted by molar-refractivity contribution is -0.137. The Hall–Kier alpha value is -0.740. The first-order valence-electron chi connectivity index (χ1n) is 6.21. The maximum atomic E-state index is 12.7. The van der Waals surface area contributed by atoms with Crippen LogP contribution in [0.2, 0.25) is 5.02 Å². The molecule has 1 rings (SSSR count). The molecular formula is C12H9Cl4F4N3OS. The third-order valence-electron chi connectivity index (χ3n) is 2.57. The molecule has 4 nitrogen and oxygen atoms in total. The highest BCUT2D eigenvalue weighted by Gasteiger charge is 2.35. The lowest BCUT2D eigenvalue weighted by Crippen LogP contribution is -2.56. The van der Waals surface area contributed by atoms with Crippen molar-refractivity contribution < 1.29 is 22.4 Å². The summed E-state index contributed by atoms with van der Waals surface area (Å²) in [6, 6.07) is 2.53. The zero-order valence-corrected chi connectivity index (χ0v) is 15.7. The molecule has 13 heteroatoms. The second-order valence-corrected chi connectivity index (χ2v) is 7.65. The fourth-order valence-corrected chi connectivity index (χ4v) is 2.21. The molecule has 1 atom stereocenters. The molecule has 25 heavy (non-hydrogen) atoms. The monoisotopic (exact) mass is 459 g/mol. The number of carbonyl (C=O) groups excluding carboxylic acids is 1. The number of halogens is 8. The summed E-state index contributed by atoms with van der Waals surface area (Å²) in [6.07, 6.45) is -6.05. The van der Waals surface area contributed by atoms with Crippen molar-refractivity contribution in [2.75, 3.05) is 12.0 Å². The van der Waals surface area contributed by atoms with Crippen molar-refractivity contribution in [2.24, 2.45) is 0 Å². The molecule has 0 saturated carbocycles. The van der Waals surface area contributed by atoms with Crippen LogP contribution in [0.15, 0.2) is 18.2 Å². The number of amides is 1. The van der Waals surface area contributed by atoms with E-state index in [0.717, 1.165) is 18.2 Å². The van der Waals surface area contributed by atoms with E-state index in [1.807, 2.05) is 5.32 Å². The van der Waals surface area contributed by atoms with Gasteiger partial charge < -0.3 is 16.0 Å². The Bertz CT molecular complexity index is 654. The topological polar surface area (TPSA) is 53.2 Å². The molecule has 1 amide bonds. The van der Waals surface area contributed by atoms with E-state index in [0.29, 0.717) is 0 Å². The Morgan fingerprint density at radius 2 is 1.80 bits per heavy atom. The van der Waals surface area contributed by atoms with E-state index in [1.54, 1.807) is 0 Å². The molecule has 1 aromatic rings. The van der Waals surface area contributed by atoms with Crippen molar-refractivity contribution in [3.05, 3.63) is 28.8 Å². The van der Waals surface area contributed by atoms with E-state index in [1.165, 1.54) is 0 Å². The first kappa shape index (κ1) is 22.3. The molecular weight excluding hydrogens is 452 g/mol. The van der Waals surface area contributed by atoms with Crippen LogP contribution in [0.1, 0.15) is 5.56 Å². The summed E-state index contributed by atoms with van der Waals surface area (Å²) < 4.78 is 48.3. The summed E-state index contributed by atoms with van der Waals surface area (Å²) in [6.45, 7) is -1.38. The van der Waals surface area contributed by atoms with Gasteiger partial charge in [0.25, 0.3) is 5.91 Å². The number of alkyl halides is 7. The second kappa shape index (κ2) is 8.77. The van der Waals surface area contributed by atoms with Gasteiger partial charge in [0.05, 0.1) is 16.3 Å². The van der Waals surface area contributed by atoms with E-state index in [9.17, 15) is 22.4 Å². The third-order valence-corrected chi connectivity index (χ3v) is 3.78. The van der Waals surface area contributed by atoms with Crippen LogP contribution in [-0.4, -0.2) is 27.7 Å². The molecule has 0 saturated heterocycles. The highest BCUT2D eigenvalue weighted by Crippen LogP contribution is 2.34. The van der Waals surface area contributed by atoms with Crippen molar-refractivity contribution in [3.8, 4) is 0 Å². The van der Waals surface area contributed by atoms with Gasteiger partial charge in [-0.15, -0.1) is 0 Å². The van der Waals surface area contributed by atoms with Gasteiger partial charge in [-0.3, -0.25) is 4.79 Å². The van der Waals surface area contributed by atoms with Crippen LogP contribution in [-0.2, 0) is 11.0 Å². The van der Waals surface area contributed by atoms with Crippen LogP contribution >= 0.6 is 58.6 Å². The molecule has 0 aliphatic carbocycles. The first-order chi connectivity index (χ1) is 11.3. The van der Waals surface area contributed by atoms with E-state index in [2.05, 4.69) is 10.6 Å². The molecule has 0 aromatic heterocycles. The number of nitrogens with one attached hydrogen (secondary N) is 3. The predicted octanol–water partition coefficient (Wildman–Crippen LogP) is 4.43. The SMILES string of the molecule is O=C(CF)N[C@H](NC(=S)Nc1cc(C(F)(F)F)ccc1Cl)C(Cl)(Cl)Cl. The molecule has 0 bridgehead atoms. The molecule has 1 aromatic carbocycles. The summed E-state index contributed by atoms with van der Waals surface area (Å²) in [5, 5.41) is 6.36. The maximum Gasteiger partial charge on any atom is 0.416 e. The largest absolute Gasteiger partial charge is 0.416 e. The average molecular weight is 461 g/mol. The zero-order valence-electron chi connectivity index (χ0n) is 11.9. The van der Waals surface area contributed by atoms with Crippen molar-refractivity contribution in [3.63, 3.8) is 0 Å². The van der Waals surface area contributed by atoms with E-state index >= 15 is 0 Å². The normalized spacial score (nSPS) is 13.1. The number of benzene rings is 1. The van der Waals surface area contributed by atoms with E-state index < -0.39 is 34.3 Å². The summed E-state index contributed by atoms with van der Waals surface area (Å²) in [7, 11) is 0. The number of hydrogen-bond acceptors (Lipinski definition) is 2. The Morgan fingerprint density at radius 1 is 1.20 bits per heavy atom. The smallest absolute Gasteiger partial charge is 0.339 e. The summed E-state index contributed by atoms with van der Waals surface area (Å²) in [4.78, 5) is 11.1. The van der Waals surface area contributed by atoms with Gasteiger partial charge in [0.1, 0.15) is 6.17 Å². The lowest BCUT2D eigenvalue weighted by atomic mass is 10.2. The second-order valence-electron chi connectivity index (χ2n) is 4.47. The van der Waals surface area contributed by atoms with Crippen molar-refractivity contribution in [1.29, 1.82) is 0 Å². The van der Waals surface area contributed by atoms with Crippen LogP contribution in [0, 0.1) is 0 Å². The van der Waals surface area contributed by atoms with E-state index in [4.69, 9.17) is 58.6 Å². The zero-order chi connectivity index (χ0) is 19.4. The van der Waals surface area contributed by atoms with Crippen molar-refractivity contribution in [2.45, 2.75) is 16.1 Å². The van der Waals surface area contributed by atoms with Gasteiger partial charge in [-0.1, -0.05) is 46.4 Å². The molecule has 0 unspecified atom stereocenters. The minimum atomic E-state index is -4.59. The highest BCUT2D eigenvalue weighted by molar-refractivity contribution is 7.80. The van der Waals surface area contributed by atoms with Gasteiger partial charge in [-0.2, -0.15) is 13.2 Å². The van der Waals surface area contributed by atoms with Crippen molar-refractivity contribution in [1.82, 2.24) is 10.6 Å². The summed E-state index contributed by atoms with van der Waals surface area (Å²) in [5.41, 5.74) is -1.14. The van der Waals surface area contributed by atoms with Gasteiger partial charge in [-0.05, 0) is 30.4 Å². The van der Waals surface area contributed by atoms with Crippen LogP contribution in [0.25, 0.3) is 0 Å². The average Bonchev–Trinajstić information content (AvgIpc) is 2.46. The third kappa shape index (κ3) is 7.18. The fourth-order valence-electron chi connectivity index (χ4n) is 1.49. The van der Waals surface area contributed by atoms with E-state index in [-0.39, 0.29) is 15.8 Å². The molecule has 140 valence electrons. The molecule has 3 N–H and O–H groups in total. The standard InChI is InChI=1S/C12H9Cl4F4N3OS/c13-6-2-1-5(12(18,19)20)3-7(6)21-10(25)23-9(11(14,15)16)22-8(24)4-17/h1-3,9H,4H2,(H,22,24)(H2,21,23,25)/t9-/m1/s1. The van der Waals surface area contributed by atoms with Crippen LogP contribution in [0.3, 0.4) is 0 Å². The van der Waals surface area contributed by atoms with Gasteiger partial charge in [0, 0.05) is 0 Å². The molecule has 0 aliphatic heterocycles. The number of rotatable bonds is 4. The number of carbonyl (C=O) groups is 1. The molecule has 0 spiro atoms. The van der Waals surface area contributed by atoms with Crippen LogP contribution in [0.4, 0.5) is 23.2 Å². The van der Waals surface area contributed by atoms with Crippen LogP contribution < -0.4 is 16.0 Å². The lowest BCUT2D eigenvalue weighted by Gasteiger charge is -2.27. The fraction of sp³-hybridized carbons (Fsp3) is 0.333. The minimum absolute atomic E-state index is 0.0598. The summed E-state index contributed by atoms with van der Waals surface area (Å²) >= 11 is 27.6. The van der Waals surface area contributed by atoms with Gasteiger partial charge in [0.2, 0.25) is 3.79 Å². The number of hydrogen-bond donors (Lipinski definition) is 3.